The van der Waals surface area contributed by atoms with Crippen molar-refractivity contribution in [1.29, 1.82) is 0 Å². The standard InChI is InChI=1S/C14H22O2/c1-5-13(2,3)12(15)16-10-6-8-9-7-14(10,4)11(8)9/h8-11H,5-7H2,1-4H3. The predicted molar refractivity (Wildman–Crippen MR) is 61.8 cm³/mol. The monoisotopic (exact) mass is 222 g/mol. The molecule has 90 valence electrons. The van der Waals surface area contributed by atoms with Crippen LogP contribution in [0.2, 0.25) is 0 Å². The quantitative estimate of drug-likeness (QED) is 0.686. The van der Waals surface area contributed by atoms with Crippen LogP contribution in [-0.4, -0.2) is 12.1 Å². The van der Waals surface area contributed by atoms with E-state index in [1.807, 2.05) is 13.8 Å². The van der Waals surface area contributed by atoms with E-state index in [2.05, 4.69) is 13.8 Å². The van der Waals surface area contributed by atoms with Crippen molar-refractivity contribution in [2.75, 3.05) is 0 Å². The van der Waals surface area contributed by atoms with Gasteiger partial charge in [-0.15, -0.1) is 0 Å². The molecule has 16 heavy (non-hydrogen) atoms. The van der Waals surface area contributed by atoms with Gasteiger partial charge >= 0.3 is 5.97 Å². The molecule has 0 bridgehead atoms. The second kappa shape index (κ2) is 2.83. The van der Waals surface area contributed by atoms with E-state index in [0.717, 1.165) is 30.6 Å². The summed E-state index contributed by atoms with van der Waals surface area (Å²) in [7, 11) is 0. The van der Waals surface area contributed by atoms with Crippen LogP contribution in [-0.2, 0) is 9.53 Å². The van der Waals surface area contributed by atoms with Crippen molar-refractivity contribution >= 4 is 5.97 Å². The zero-order valence-electron chi connectivity index (χ0n) is 10.7. The number of fused-ring (bicyclic) bond motifs is 1. The molecule has 5 unspecified atom stereocenters. The fourth-order valence-electron chi connectivity index (χ4n) is 3.98. The minimum absolute atomic E-state index is 0.00553. The lowest BCUT2D eigenvalue weighted by atomic mass is 9.66. The number of hydrogen-bond donors (Lipinski definition) is 0. The smallest absolute Gasteiger partial charge is 0.311 e. The molecule has 0 heterocycles. The maximum atomic E-state index is 12.1. The molecule has 0 aromatic rings. The SMILES string of the molecule is CCC(C)(C)C(=O)OC1CC2C3CC1(C)C23. The molecule has 2 heteroatoms. The lowest BCUT2D eigenvalue weighted by Crippen LogP contribution is -2.44. The Morgan fingerprint density at radius 3 is 2.56 bits per heavy atom. The highest BCUT2D eigenvalue weighted by Gasteiger charge is 2.77. The molecule has 0 aliphatic heterocycles. The summed E-state index contributed by atoms with van der Waals surface area (Å²) >= 11 is 0. The van der Waals surface area contributed by atoms with Gasteiger partial charge in [0.2, 0.25) is 0 Å². The van der Waals surface area contributed by atoms with Crippen molar-refractivity contribution in [1.82, 2.24) is 0 Å². The number of carbonyl (C=O) groups excluding carboxylic acids is 1. The summed E-state index contributed by atoms with van der Waals surface area (Å²) in [6, 6.07) is 0. The van der Waals surface area contributed by atoms with Crippen LogP contribution in [0.3, 0.4) is 0 Å². The van der Waals surface area contributed by atoms with Crippen LogP contribution in [0.1, 0.15) is 47.0 Å². The first-order valence-corrected chi connectivity index (χ1v) is 6.61. The van der Waals surface area contributed by atoms with Crippen molar-refractivity contribution in [3.63, 3.8) is 0 Å². The maximum absolute atomic E-state index is 12.1. The molecule has 0 aromatic heterocycles. The Morgan fingerprint density at radius 2 is 2.12 bits per heavy atom. The fraction of sp³-hybridized carbons (Fsp3) is 0.929. The van der Waals surface area contributed by atoms with E-state index in [9.17, 15) is 4.79 Å². The predicted octanol–water partition coefficient (Wildman–Crippen LogP) is 3.01. The van der Waals surface area contributed by atoms with E-state index in [1.54, 1.807) is 0 Å². The second-order valence-electron chi connectivity index (χ2n) is 6.93. The molecule has 5 atom stereocenters. The second-order valence-corrected chi connectivity index (χ2v) is 6.93. The van der Waals surface area contributed by atoms with Crippen LogP contribution in [0.5, 0.6) is 0 Å². The van der Waals surface area contributed by atoms with Gasteiger partial charge in [0, 0.05) is 5.41 Å². The minimum atomic E-state index is -0.313. The third-order valence-corrected chi connectivity index (χ3v) is 5.68. The van der Waals surface area contributed by atoms with Crippen LogP contribution in [0, 0.1) is 28.6 Å². The van der Waals surface area contributed by atoms with E-state index in [4.69, 9.17) is 4.74 Å². The molecule has 3 fully saturated rings. The number of hydrogen-bond acceptors (Lipinski definition) is 2. The Labute approximate surface area is 97.7 Å². The average Bonchev–Trinajstić information content (AvgIpc) is 2.74. The number of esters is 1. The van der Waals surface area contributed by atoms with Crippen LogP contribution >= 0.6 is 0 Å². The van der Waals surface area contributed by atoms with Gasteiger partial charge in [0.1, 0.15) is 6.10 Å². The first kappa shape index (κ1) is 10.6. The number of ether oxygens (including phenoxy) is 1. The maximum Gasteiger partial charge on any atom is 0.311 e. The fourth-order valence-corrected chi connectivity index (χ4v) is 3.98. The molecular weight excluding hydrogens is 200 g/mol. The van der Waals surface area contributed by atoms with Gasteiger partial charge in [-0.1, -0.05) is 13.8 Å². The molecular formula is C14H22O2. The Kier molecular flexibility index (Phi) is 1.88. The summed E-state index contributed by atoms with van der Waals surface area (Å²) in [5, 5.41) is 0. The van der Waals surface area contributed by atoms with Crippen molar-refractivity contribution in [3.05, 3.63) is 0 Å². The molecule has 0 N–H and O–H groups in total. The summed E-state index contributed by atoms with van der Waals surface area (Å²) in [4.78, 5) is 12.1. The van der Waals surface area contributed by atoms with Crippen molar-refractivity contribution in [2.45, 2.75) is 53.1 Å². The highest BCUT2D eigenvalue weighted by molar-refractivity contribution is 5.76. The Hall–Kier alpha value is -0.530. The molecule has 0 amide bonds. The summed E-state index contributed by atoms with van der Waals surface area (Å²) in [5.74, 6) is 2.80. The topological polar surface area (TPSA) is 26.3 Å². The molecule has 3 aliphatic carbocycles. The summed E-state index contributed by atoms with van der Waals surface area (Å²) in [6.07, 6.45) is 3.50. The first-order chi connectivity index (χ1) is 7.40. The Balaban J connectivity index is 1.66. The van der Waals surface area contributed by atoms with E-state index in [0.29, 0.717) is 5.41 Å². The number of rotatable bonds is 3. The van der Waals surface area contributed by atoms with E-state index in [1.165, 1.54) is 6.42 Å². The van der Waals surface area contributed by atoms with Crippen molar-refractivity contribution < 1.29 is 9.53 Å². The van der Waals surface area contributed by atoms with Gasteiger partial charge in [0.15, 0.2) is 0 Å². The zero-order chi connectivity index (χ0) is 11.7. The third-order valence-electron chi connectivity index (χ3n) is 5.68. The lowest BCUT2D eigenvalue weighted by molar-refractivity contribution is -0.171. The largest absolute Gasteiger partial charge is 0.461 e. The molecule has 3 saturated carbocycles. The molecule has 0 saturated heterocycles. The Bertz CT molecular complexity index is 347. The van der Waals surface area contributed by atoms with Crippen LogP contribution < -0.4 is 0 Å². The number of carbonyl (C=O) groups is 1. The van der Waals surface area contributed by atoms with Crippen molar-refractivity contribution in [3.8, 4) is 0 Å². The van der Waals surface area contributed by atoms with Crippen LogP contribution in [0.4, 0.5) is 0 Å². The van der Waals surface area contributed by atoms with Gasteiger partial charge in [-0.25, -0.2) is 0 Å². The van der Waals surface area contributed by atoms with Crippen LogP contribution in [0.25, 0.3) is 0 Å². The van der Waals surface area contributed by atoms with Gasteiger partial charge in [0.25, 0.3) is 0 Å². The van der Waals surface area contributed by atoms with Gasteiger partial charge in [-0.3, -0.25) is 4.79 Å². The van der Waals surface area contributed by atoms with Crippen molar-refractivity contribution in [2.24, 2.45) is 28.6 Å². The molecule has 2 nitrogen and oxygen atoms in total. The van der Waals surface area contributed by atoms with Gasteiger partial charge < -0.3 is 4.74 Å². The highest BCUT2D eigenvalue weighted by Crippen LogP contribution is 2.79. The van der Waals surface area contributed by atoms with Gasteiger partial charge in [-0.2, -0.15) is 0 Å². The summed E-state index contributed by atoms with van der Waals surface area (Å²) < 4.78 is 5.78. The van der Waals surface area contributed by atoms with E-state index in [-0.39, 0.29) is 17.5 Å². The zero-order valence-corrected chi connectivity index (χ0v) is 10.7. The lowest BCUT2D eigenvalue weighted by Gasteiger charge is -2.43. The van der Waals surface area contributed by atoms with E-state index < -0.39 is 0 Å². The molecule has 0 aromatic carbocycles. The van der Waals surface area contributed by atoms with E-state index >= 15 is 0 Å². The normalized spacial score (nSPS) is 48.2. The summed E-state index contributed by atoms with van der Waals surface area (Å²) in [5.41, 5.74) is 0.0289. The first-order valence-electron chi connectivity index (χ1n) is 6.61. The minimum Gasteiger partial charge on any atom is -0.461 e. The third kappa shape index (κ3) is 1.11. The molecule has 3 aliphatic rings. The highest BCUT2D eigenvalue weighted by atomic mass is 16.5. The molecule has 0 radical (unpaired) electrons. The Morgan fingerprint density at radius 1 is 1.44 bits per heavy atom. The molecule has 3 rings (SSSR count). The average molecular weight is 222 g/mol. The van der Waals surface area contributed by atoms with Gasteiger partial charge in [0.05, 0.1) is 5.41 Å². The molecule has 0 spiro atoms. The summed E-state index contributed by atoms with van der Waals surface area (Å²) in [6.45, 7) is 8.33. The van der Waals surface area contributed by atoms with Gasteiger partial charge in [-0.05, 0) is 50.9 Å². The van der Waals surface area contributed by atoms with Crippen LogP contribution in [0.15, 0.2) is 0 Å².